The van der Waals surface area contributed by atoms with Crippen LogP contribution in [0.4, 0.5) is 0 Å². The maximum absolute atomic E-state index is 10.9. The van der Waals surface area contributed by atoms with E-state index in [1.807, 2.05) is 13.8 Å². The molecule has 0 saturated heterocycles. The predicted octanol–water partition coefficient (Wildman–Crippen LogP) is 1.31. The fourth-order valence-electron chi connectivity index (χ4n) is 0.713. The Labute approximate surface area is 58.9 Å². The van der Waals surface area contributed by atoms with Gasteiger partial charge in [-0.15, -0.1) is 0 Å². The average molecular weight is 143 g/mol. The molecule has 0 aliphatic carbocycles. The summed E-state index contributed by atoms with van der Waals surface area (Å²) >= 11 is 1.36. The van der Waals surface area contributed by atoms with Gasteiger partial charge in [0, 0.05) is 0 Å². The van der Waals surface area contributed by atoms with Crippen molar-refractivity contribution in [3.63, 3.8) is 0 Å². The number of Topliss-reactive ketones (excluding diaryl/α,β-unsaturated/α-hetero) is 1. The van der Waals surface area contributed by atoms with Crippen molar-refractivity contribution in [3.05, 3.63) is 0 Å². The van der Waals surface area contributed by atoms with Crippen LogP contribution in [-0.2, 0) is 4.79 Å². The molecule has 1 rings (SSSR count). The van der Waals surface area contributed by atoms with Crippen LogP contribution in [0.25, 0.3) is 0 Å². The molecule has 1 heterocycles. The number of ketones is 1. The molecule has 0 aromatic heterocycles. The largest absolute Gasteiger partial charge is 0.292 e. The molecule has 0 fully saturated rings. The molecule has 1 aliphatic rings. The number of hydrogen-bond donors (Lipinski definition) is 0. The predicted molar refractivity (Wildman–Crippen MR) is 39.7 cm³/mol. The van der Waals surface area contributed by atoms with E-state index in [1.54, 1.807) is 0 Å². The highest BCUT2D eigenvalue weighted by Gasteiger charge is 2.20. The van der Waals surface area contributed by atoms with Gasteiger partial charge in [0.1, 0.15) is 0 Å². The van der Waals surface area contributed by atoms with Crippen molar-refractivity contribution in [2.75, 3.05) is 5.75 Å². The number of carbonyl (C=O) groups is 1. The van der Waals surface area contributed by atoms with E-state index in [0.717, 1.165) is 5.71 Å². The smallest absolute Gasteiger partial charge is 0.189 e. The van der Waals surface area contributed by atoms with Crippen LogP contribution in [0.1, 0.15) is 13.8 Å². The highest BCUT2D eigenvalue weighted by molar-refractivity contribution is 7.99. The molecule has 50 valence electrons. The Kier molecular flexibility index (Phi) is 1.90. The summed E-state index contributed by atoms with van der Waals surface area (Å²) in [5.41, 5.74) is 0.750. The van der Waals surface area contributed by atoms with Crippen LogP contribution < -0.4 is 0 Å². The standard InChI is InChI=1S/C6H9NOS/c1-4(2)6-5(8)3-9-7-6/h4H,3H2,1-2H3. The average Bonchev–Trinajstić information content (AvgIpc) is 2.13. The minimum atomic E-state index is 0.204. The summed E-state index contributed by atoms with van der Waals surface area (Å²) in [4.78, 5) is 10.9. The maximum atomic E-state index is 10.9. The van der Waals surface area contributed by atoms with Crippen LogP contribution in [-0.4, -0.2) is 17.2 Å². The highest BCUT2D eigenvalue weighted by Crippen LogP contribution is 2.16. The van der Waals surface area contributed by atoms with Gasteiger partial charge in [0.05, 0.1) is 11.5 Å². The van der Waals surface area contributed by atoms with Gasteiger partial charge < -0.3 is 0 Å². The van der Waals surface area contributed by atoms with E-state index in [0.29, 0.717) is 11.7 Å². The lowest BCUT2D eigenvalue weighted by Crippen LogP contribution is -2.16. The van der Waals surface area contributed by atoms with Gasteiger partial charge in [-0.1, -0.05) is 13.8 Å². The Morgan fingerprint density at radius 2 is 2.33 bits per heavy atom. The van der Waals surface area contributed by atoms with Gasteiger partial charge >= 0.3 is 0 Å². The monoisotopic (exact) mass is 143 g/mol. The van der Waals surface area contributed by atoms with E-state index in [4.69, 9.17) is 0 Å². The van der Waals surface area contributed by atoms with Crippen LogP contribution in [0.2, 0.25) is 0 Å². The summed E-state index contributed by atoms with van der Waals surface area (Å²) < 4.78 is 4.00. The number of carbonyl (C=O) groups excluding carboxylic acids is 1. The lowest BCUT2D eigenvalue weighted by atomic mass is 10.1. The summed E-state index contributed by atoms with van der Waals surface area (Å²) in [6.07, 6.45) is 0. The van der Waals surface area contributed by atoms with Gasteiger partial charge in [-0.25, -0.2) is 4.40 Å². The molecule has 0 aromatic rings. The molecule has 0 bridgehead atoms. The minimum absolute atomic E-state index is 0.204. The van der Waals surface area contributed by atoms with Crippen molar-refractivity contribution in [1.29, 1.82) is 0 Å². The molecular formula is C6H9NOS. The lowest BCUT2D eigenvalue weighted by molar-refractivity contribution is -0.110. The summed E-state index contributed by atoms with van der Waals surface area (Å²) in [6.45, 7) is 3.98. The van der Waals surface area contributed by atoms with Crippen LogP contribution in [0.5, 0.6) is 0 Å². The van der Waals surface area contributed by atoms with E-state index in [9.17, 15) is 4.79 Å². The summed E-state index contributed by atoms with van der Waals surface area (Å²) in [7, 11) is 0. The summed E-state index contributed by atoms with van der Waals surface area (Å²) in [5.74, 6) is 1.05. The second kappa shape index (κ2) is 2.52. The highest BCUT2D eigenvalue weighted by atomic mass is 32.2. The Balaban J connectivity index is 2.68. The third-order valence-corrected chi connectivity index (χ3v) is 1.91. The molecule has 0 spiro atoms. The molecule has 0 atom stereocenters. The fraction of sp³-hybridized carbons (Fsp3) is 0.667. The molecule has 0 aromatic carbocycles. The van der Waals surface area contributed by atoms with Crippen LogP contribution in [0, 0.1) is 5.92 Å². The fourth-order valence-corrected chi connectivity index (χ4v) is 1.49. The second-order valence-electron chi connectivity index (χ2n) is 2.33. The molecule has 9 heavy (non-hydrogen) atoms. The Hall–Kier alpha value is -0.310. The van der Waals surface area contributed by atoms with Crippen molar-refractivity contribution < 1.29 is 4.79 Å². The van der Waals surface area contributed by atoms with Crippen LogP contribution in [0.3, 0.4) is 0 Å². The Morgan fingerprint density at radius 3 is 2.56 bits per heavy atom. The molecule has 0 unspecified atom stereocenters. The van der Waals surface area contributed by atoms with Gasteiger partial charge in [0.25, 0.3) is 0 Å². The summed E-state index contributed by atoms with van der Waals surface area (Å²) in [5, 5.41) is 0. The zero-order chi connectivity index (χ0) is 6.85. The second-order valence-corrected chi connectivity index (χ2v) is 3.06. The van der Waals surface area contributed by atoms with Gasteiger partial charge in [0.2, 0.25) is 0 Å². The number of nitrogens with zero attached hydrogens (tertiary/aromatic N) is 1. The van der Waals surface area contributed by atoms with Gasteiger partial charge in [-0.2, -0.15) is 0 Å². The normalized spacial score (nSPS) is 19.0. The van der Waals surface area contributed by atoms with E-state index < -0.39 is 0 Å². The summed E-state index contributed by atoms with van der Waals surface area (Å²) in [6, 6.07) is 0. The van der Waals surface area contributed by atoms with Crippen molar-refractivity contribution in [1.82, 2.24) is 0 Å². The first-order chi connectivity index (χ1) is 4.22. The molecule has 0 amide bonds. The third-order valence-electron chi connectivity index (χ3n) is 1.19. The van der Waals surface area contributed by atoms with Gasteiger partial charge in [-0.05, 0) is 17.9 Å². The molecule has 1 aliphatic heterocycles. The minimum Gasteiger partial charge on any atom is -0.292 e. The lowest BCUT2D eigenvalue weighted by Gasteiger charge is -1.98. The SMILES string of the molecule is CC(C)C1=NSCC1=O. The zero-order valence-electron chi connectivity index (χ0n) is 5.55. The van der Waals surface area contributed by atoms with Crippen LogP contribution >= 0.6 is 11.9 Å². The van der Waals surface area contributed by atoms with Crippen molar-refractivity contribution >= 4 is 23.4 Å². The van der Waals surface area contributed by atoms with E-state index in [1.165, 1.54) is 11.9 Å². The van der Waals surface area contributed by atoms with E-state index in [-0.39, 0.29) is 5.78 Å². The number of rotatable bonds is 1. The topological polar surface area (TPSA) is 29.4 Å². The van der Waals surface area contributed by atoms with Crippen molar-refractivity contribution in [2.45, 2.75) is 13.8 Å². The maximum Gasteiger partial charge on any atom is 0.189 e. The molecule has 0 radical (unpaired) electrons. The van der Waals surface area contributed by atoms with Gasteiger partial charge in [-0.3, -0.25) is 4.79 Å². The third kappa shape index (κ3) is 1.33. The first-order valence-electron chi connectivity index (χ1n) is 2.95. The Morgan fingerprint density at radius 1 is 1.67 bits per heavy atom. The van der Waals surface area contributed by atoms with Crippen LogP contribution in [0.15, 0.2) is 4.40 Å². The first-order valence-corrected chi connectivity index (χ1v) is 3.89. The molecule has 2 nitrogen and oxygen atoms in total. The van der Waals surface area contributed by atoms with Crippen molar-refractivity contribution in [2.24, 2.45) is 10.3 Å². The van der Waals surface area contributed by atoms with E-state index >= 15 is 0 Å². The van der Waals surface area contributed by atoms with Crippen molar-refractivity contribution in [3.8, 4) is 0 Å². The van der Waals surface area contributed by atoms with E-state index in [2.05, 4.69) is 4.40 Å². The Bertz CT molecular complexity index is 162. The molecule has 0 N–H and O–H groups in total. The quantitative estimate of drug-likeness (QED) is 0.518. The molecular weight excluding hydrogens is 134 g/mol. The molecule has 0 saturated carbocycles. The zero-order valence-corrected chi connectivity index (χ0v) is 6.36. The number of hydrogen-bond acceptors (Lipinski definition) is 3. The first kappa shape index (κ1) is 6.81. The molecule has 3 heteroatoms. The van der Waals surface area contributed by atoms with Gasteiger partial charge in [0.15, 0.2) is 5.78 Å².